The topological polar surface area (TPSA) is 25.4 Å². The van der Waals surface area contributed by atoms with Crippen molar-refractivity contribution in [2.75, 3.05) is 4.31 Å². The molecule has 0 saturated heterocycles. The minimum absolute atomic E-state index is 0.587. The zero-order valence-corrected chi connectivity index (χ0v) is 14.6. The Hall–Kier alpha value is -2.17. The van der Waals surface area contributed by atoms with Gasteiger partial charge in [0, 0.05) is 16.0 Å². The SMILES string of the molecule is Cc1cc(Oc2ccc(Cl)cc2)nc(N2Cc3ccccc3S2)c1. The highest BCUT2D eigenvalue weighted by atomic mass is 35.5. The van der Waals surface area contributed by atoms with Crippen molar-refractivity contribution >= 4 is 29.4 Å². The van der Waals surface area contributed by atoms with Gasteiger partial charge >= 0.3 is 0 Å². The third-order valence-corrected chi connectivity index (χ3v) is 5.10. The van der Waals surface area contributed by atoms with E-state index in [1.165, 1.54) is 10.5 Å². The van der Waals surface area contributed by atoms with E-state index in [9.17, 15) is 0 Å². The van der Waals surface area contributed by atoms with Gasteiger partial charge in [0.05, 0.1) is 6.54 Å². The molecule has 3 aromatic rings. The van der Waals surface area contributed by atoms with Gasteiger partial charge in [-0.1, -0.05) is 29.8 Å². The predicted octanol–water partition coefficient (Wildman–Crippen LogP) is 5.86. The minimum Gasteiger partial charge on any atom is -0.439 e. The van der Waals surface area contributed by atoms with Gasteiger partial charge in [0.2, 0.25) is 5.88 Å². The molecule has 1 aliphatic rings. The van der Waals surface area contributed by atoms with Crippen molar-refractivity contribution < 1.29 is 4.74 Å². The van der Waals surface area contributed by atoms with Gasteiger partial charge in [-0.05, 0) is 66.4 Å². The van der Waals surface area contributed by atoms with E-state index in [1.807, 2.05) is 25.1 Å². The number of fused-ring (bicyclic) bond motifs is 1. The first kappa shape index (κ1) is 15.4. The average molecular weight is 355 g/mol. The highest BCUT2D eigenvalue weighted by Gasteiger charge is 2.21. The minimum atomic E-state index is 0.587. The molecule has 1 aromatic heterocycles. The zero-order chi connectivity index (χ0) is 16.5. The Morgan fingerprint density at radius 3 is 2.67 bits per heavy atom. The Bertz CT molecular complexity index is 858. The molecule has 0 N–H and O–H groups in total. The first-order valence-corrected chi connectivity index (χ1v) is 8.78. The molecule has 0 aliphatic carbocycles. The molecule has 0 saturated carbocycles. The maximum absolute atomic E-state index is 5.91. The lowest BCUT2D eigenvalue weighted by Crippen LogP contribution is -2.09. The third-order valence-electron chi connectivity index (χ3n) is 3.72. The third kappa shape index (κ3) is 3.21. The van der Waals surface area contributed by atoms with E-state index in [2.05, 4.69) is 39.6 Å². The first-order valence-electron chi connectivity index (χ1n) is 7.63. The number of pyridine rings is 1. The molecule has 2 aromatic carbocycles. The molecule has 4 rings (SSSR count). The molecule has 0 spiro atoms. The molecule has 0 unspecified atom stereocenters. The van der Waals surface area contributed by atoms with Crippen LogP contribution >= 0.6 is 23.5 Å². The van der Waals surface area contributed by atoms with E-state index in [0.29, 0.717) is 10.9 Å². The second-order valence-electron chi connectivity index (χ2n) is 5.63. The first-order chi connectivity index (χ1) is 11.7. The van der Waals surface area contributed by atoms with Crippen LogP contribution in [-0.2, 0) is 6.54 Å². The van der Waals surface area contributed by atoms with Crippen LogP contribution in [0.15, 0.2) is 65.6 Å². The summed E-state index contributed by atoms with van der Waals surface area (Å²) in [7, 11) is 0. The molecule has 0 amide bonds. The monoisotopic (exact) mass is 354 g/mol. The summed E-state index contributed by atoms with van der Waals surface area (Å²) in [5, 5.41) is 0.687. The number of benzene rings is 2. The molecule has 1 aliphatic heterocycles. The van der Waals surface area contributed by atoms with Gasteiger partial charge in [-0.3, -0.25) is 4.31 Å². The Labute approximate surface area is 150 Å². The van der Waals surface area contributed by atoms with Gasteiger partial charge in [-0.2, -0.15) is 4.98 Å². The molecule has 3 nitrogen and oxygen atoms in total. The van der Waals surface area contributed by atoms with Crippen molar-refractivity contribution in [3.63, 3.8) is 0 Å². The fourth-order valence-electron chi connectivity index (χ4n) is 2.58. The number of anilines is 1. The summed E-state index contributed by atoms with van der Waals surface area (Å²) in [4.78, 5) is 5.94. The second kappa shape index (κ2) is 6.38. The fourth-order valence-corrected chi connectivity index (χ4v) is 3.72. The predicted molar refractivity (Wildman–Crippen MR) is 99.0 cm³/mol. The Morgan fingerprint density at radius 1 is 1.08 bits per heavy atom. The second-order valence-corrected chi connectivity index (χ2v) is 7.13. The van der Waals surface area contributed by atoms with Gasteiger partial charge < -0.3 is 4.74 Å². The normalized spacial score (nSPS) is 13.0. The highest BCUT2D eigenvalue weighted by molar-refractivity contribution is 8.01. The molecule has 0 atom stereocenters. The number of ether oxygens (including phenoxy) is 1. The summed E-state index contributed by atoms with van der Waals surface area (Å²) in [6, 6.07) is 19.7. The van der Waals surface area contributed by atoms with Gasteiger partial charge in [0.25, 0.3) is 0 Å². The van der Waals surface area contributed by atoms with Crippen molar-refractivity contribution in [2.24, 2.45) is 0 Å². The Kier molecular flexibility index (Phi) is 4.08. The smallest absolute Gasteiger partial charge is 0.221 e. The van der Waals surface area contributed by atoms with Crippen LogP contribution in [0.1, 0.15) is 11.1 Å². The molecule has 0 radical (unpaired) electrons. The molecular formula is C19H15ClN2OS. The number of rotatable bonds is 3. The number of aromatic nitrogens is 1. The highest BCUT2D eigenvalue weighted by Crippen LogP contribution is 2.39. The summed E-state index contributed by atoms with van der Waals surface area (Å²) >= 11 is 7.63. The summed E-state index contributed by atoms with van der Waals surface area (Å²) < 4.78 is 8.07. The van der Waals surface area contributed by atoms with E-state index in [4.69, 9.17) is 16.3 Å². The Morgan fingerprint density at radius 2 is 1.88 bits per heavy atom. The van der Waals surface area contributed by atoms with Crippen LogP contribution in [0.25, 0.3) is 0 Å². The van der Waals surface area contributed by atoms with Crippen LogP contribution in [0.3, 0.4) is 0 Å². The van der Waals surface area contributed by atoms with Crippen LogP contribution < -0.4 is 9.04 Å². The maximum Gasteiger partial charge on any atom is 0.221 e. The van der Waals surface area contributed by atoms with Gasteiger partial charge in [-0.25, -0.2) is 0 Å². The molecule has 0 bridgehead atoms. The lowest BCUT2D eigenvalue weighted by molar-refractivity contribution is 0.463. The zero-order valence-electron chi connectivity index (χ0n) is 13.1. The molecule has 2 heterocycles. The number of aryl methyl sites for hydroxylation is 1. The van der Waals surface area contributed by atoms with E-state index < -0.39 is 0 Å². The molecule has 24 heavy (non-hydrogen) atoms. The quantitative estimate of drug-likeness (QED) is 0.550. The largest absolute Gasteiger partial charge is 0.439 e. The number of hydrogen-bond donors (Lipinski definition) is 0. The molecule has 0 fully saturated rings. The van der Waals surface area contributed by atoms with Crippen molar-refractivity contribution in [1.29, 1.82) is 0 Å². The van der Waals surface area contributed by atoms with Crippen LogP contribution in [0.5, 0.6) is 11.6 Å². The van der Waals surface area contributed by atoms with Gasteiger partial charge in [0.15, 0.2) is 0 Å². The van der Waals surface area contributed by atoms with E-state index in [0.717, 1.165) is 23.7 Å². The van der Waals surface area contributed by atoms with Crippen LogP contribution in [0.2, 0.25) is 5.02 Å². The van der Waals surface area contributed by atoms with E-state index in [1.54, 1.807) is 24.1 Å². The summed E-state index contributed by atoms with van der Waals surface area (Å²) in [6.07, 6.45) is 0. The number of nitrogens with zero attached hydrogens (tertiary/aromatic N) is 2. The van der Waals surface area contributed by atoms with E-state index in [-0.39, 0.29) is 0 Å². The van der Waals surface area contributed by atoms with Crippen molar-refractivity contribution in [3.05, 3.63) is 76.8 Å². The molecule has 5 heteroatoms. The van der Waals surface area contributed by atoms with Crippen LogP contribution in [-0.4, -0.2) is 4.98 Å². The van der Waals surface area contributed by atoms with Gasteiger partial charge in [-0.15, -0.1) is 0 Å². The lowest BCUT2D eigenvalue weighted by Gasteiger charge is -2.16. The average Bonchev–Trinajstić information content (AvgIpc) is 3.01. The molecule has 120 valence electrons. The summed E-state index contributed by atoms with van der Waals surface area (Å²) in [5.41, 5.74) is 2.44. The van der Waals surface area contributed by atoms with Crippen molar-refractivity contribution in [3.8, 4) is 11.6 Å². The van der Waals surface area contributed by atoms with Crippen LogP contribution in [0, 0.1) is 6.92 Å². The summed E-state index contributed by atoms with van der Waals surface area (Å²) in [5.74, 6) is 2.21. The maximum atomic E-state index is 5.91. The van der Waals surface area contributed by atoms with Crippen molar-refractivity contribution in [1.82, 2.24) is 4.98 Å². The lowest BCUT2D eigenvalue weighted by atomic mass is 10.2. The van der Waals surface area contributed by atoms with Crippen LogP contribution in [0.4, 0.5) is 5.82 Å². The molecular weight excluding hydrogens is 340 g/mol. The number of hydrogen-bond acceptors (Lipinski definition) is 4. The van der Waals surface area contributed by atoms with Crippen molar-refractivity contribution in [2.45, 2.75) is 18.4 Å². The standard InChI is InChI=1S/C19H15ClN2OS/c1-13-10-18(22-12-14-4-2-3-5-17(14)24-22)21-19(11-13)23-16-8-6-15(20)7-9-16/h2-11H,12H2,1H3. The van der Waals surface area contributed by atoms with E-state index >= 15 is 0 Å². The summed E-state index contributed by atoms with van der Waals surface area (Å²) in [6.45, 7) is 2.89. The van der Waals surface area contributed by atoms with Gasteiger partial charge in [0.1, 0.15) is 11.6 Å². The fraction of sp³-hybridized carbons (Fsp3) is 0.105. The number of halogens is 1. The Balaban J connectivity index is 1.59.